The van der Waals surface area contributed by atoms with Gasteiger partial charge in [0, 0.05) is 26.0 Å². The number of nitrogens with zero attached hydrogens (tertiary/aromatic N) is 5. The van der Waals surface area contributed by atoms with Gasteiger partial charge in [-0.2, -0.15) is 18.3 Å². The Morgan fingerprint density at radius 3 is 2.66 bits per heavy atom. The summed E-state index contributed by atoms with van der Waals surface area (Å²) in [6.07, 6.45) is -0.806. The summed E-state index contributed by atoms with van der Waals surface area (Å²) in [5.74, 6) is 1.86. The van der Waals surface area contributed by atoms with Crippen LogP contribution < -0.4 is 5.32 Å². The molecule has 0 spiro atoms. The Morgan fingerprint density at radius 2 is 1.93 bits per heavy atom. The molecule has 0 bridgehead atoms. The Bertz CT molecular complexity index is 1170. The van der Waals surface area contributed by atoms with E-state index in [0.717, 1.165) is 35.4 Å². The van der Waals surface area contributed by atoms with Crippen LogP contribution in [0.1, 0.15) is 25.2 Å². The van der Waals surface area contributed by atoms with Crippen LogP contribution in [0, 0.1) is 5.92 Å². The second-order valence-corrected chi connectivity index (χ2v) is 7.48. The topological polar surface area (TPSA) is 60.6 Å². The highest BCUT2D eigenvalue weighted by atomic mass is 19.4. The van der Waals surface area contributed by atoms with E-state index in [2.05, 4.69) is 34.2 Å². The van der Waals surface area contributed by atoms with E-state index in [9.17, 15) is 13.2 Å². The summed E-state index contributed by atoms with van der Waals surface area (Å²) in [5.41, 5.74) is 1.05. The standard InChI is InChI=1S/C20H21F3N6/c1-12(2)9-25-19-14-10-29(27-15(14)6-7-24-19)11-18-26-16-8-13(20(21,22)23)4-5-17(16)28(18)3/h4-8,10,12H,9,11H2,1-3H3,(H,24,25). The summed E-state index contributed by atoms with van der Waals surface area (Å²) in [4.78, 5) is 8.80. The minimum Gasteiger partial charge on any atom is -0.369 e. The maximum absolute atomic E-state index is 13.0. The van der Waals surface area contributed by atoms with Crippen molar-refractivity contribution in [2.24, 2.45) is 13.0 Å². The van der Waals surface area contributed by atoms with Gasteiger partial charge in [-0.15, -0.1) is 0 Å². The number of nitrogens with one attached hydrogen (secondary N) is 1. The SMILES string of the molecule is CC(C)CNc1nccc2nn(Cc3nc4cc(C(F)(F)F)ccc4n3C)cc12. The number of pyridine rings is 1. The molecule has 1 aromatic carbocycles. The molecule has 0 aliphatic carbocycles. The van der Waals surface area contributed by atoms with Gasteiger partial charge in [0.15, 0.2) is 0 Å². The van der Waals surface area contributed by atoms with Gasteiger partial charge in [-0.05, 0) is 30.2 Å². The van der Waals surface area contributed by atoms with Crippen molar-refractivity contribution in [3.63, 3.8) is 0 Å². The molecule has 4 aromatic rings. The number of rotatable bonds is 5. The molecule has 0 saturated heterocycles. The number of hydrogen-bond donors (Lipinski definition) is 1. The van der Waals surface area contributed by atoms with E-state index < -0.39 is 11.7 Å². The smallest absolute Gasteiger partial charge is 0.369 e. The van der Waals surface area contributed by atoms with E-state index in [1.165, 1.54) is 6.07 Å². The minimum atomic E-state index is -4.39. The maximum atomic E-state index is 13.0. The third-order valence-electron chi connectivity index (χ3n) is 4.76. The predicted molar refractivity (Wildman–Crippen MR) is 106 cm³/mol. The molecule has 0 aliphatic heterocycles. The van der Waals surface area contributed by atoms with Crippen LogP contribution in [0.5, 0.6) is 0 Å². The molecule has 0 aliphatic rings. The molecule has 6 nitrogen and oxygen atoms in total. The summed E-state index contributed by atoms with van der Waals surface area (Å²) >= 11 is 0. The van der Waals surface area contributed by atoms with Crippen molar-refractivity contribution < 1.29 is 13.2 Å². The molecule has 0 saturated carbocycles. The monoisotopic (exact) mass is 402 g/mol. The Labute approximate surface area is 165 Å². The molecule has 0 unspecified atom stereocenters. The number of benzene rings is 1. The van der Waals surface area contributed by atoms with E-state index in [0.29, 0.717) is 29.3 Å². The second-order valence-electron chi connectivity index (χ2n) is 7.48. The Morgan fingerprint density at radius 1 is 1.14 bits per heavy atom. The number of imidazole rings is 1. The highest BCUT2D eigenvalue weighted by Crippen LogP contribution is 2.31. The predicted octanol–water partition coefficient (Wildman–Crippen LogP) is 4.45. The minimum absolute atomic E-state index is 0.315. The van der Waals surface area contributed by atoms with Crippen LogP contribution in [-0.2, 0) is 19.8 Å². The molecule has 152 valence electrons. The summed E-state index contributed by atoms with van der Waals surface area (Å²) < 4.78 is 42.5. The largest absolute Gasteiger partial charge is 0.416 e. The van der Waals surface area contributed by atoms with E-state index in [1.54, 1.807) is 22.5 Å². The normalized spacial score (nSPS) is 12.4. The fourth-order valence-corrected chi connectivity index (χ4v) is 3.23. The average Bonchev–Trinajstić information content (AvgIpc) is 3.20. The zero-order valence-corrected chi connectivity index (χ0v) is 16.3. The quantitative estimate of drug-likeness (QED) is 0.536. The zero-order valence-electron chi connectivity index (χ0n) is 16.3. The van der Waals surface area contributed by atoms with Gasteiger partial charge in [-0.3, -0.25) is 4.68 Å². The van der Waals surface area contributed by atoms with Gasteiger partial charge in [0.1, 0.15) is 11.6 Å². The van der Waals surface area contributed by atoms with Crippen molar-refractivity contribution in [1.29, 1.82) is 0 Å². The molecule has 0 fully saturated rings. The van der Waals surface area contributed by atoms with E-state index in [1.807, 2.05) is 12.3 Å². The van der Waals surface area contributed by atoms with Crippen molar-refractivity contribution in [2.45, 2.75) is 26.6 Å². The van der Waals surface area contributed by atoms with Crippen molar-refractivity contribution in [1.82, 2.24) is 24.3 Å². The molecule has 4 rings (SSSR count). The van der Waals surface area contributed by atoms with Crippen LogP contribution in [0.15, 0.2) is 36.7 Å². The lowest BCUT2D eigenvalue weighted by Crippen LogP contribution is -2.09. The van der Waals surface area contributed by atoms with Crippen LogP contribution in [-0.4, -0.2) is 30.9 Å². The van der Waals surface area contributed by atoms with Gasteiger partial charge >= 0.3 is 6.18 Å². The molecule has 29 heavy (non-hydrogen) atoms. The average molecular weight is 402 g/mol. The van der Waals surface area contributed by atoms with Gasteiger partial charge in [-0.1, -0.05) is 13.8 Å². The summed E-state index contributed by atoms with van der Waals surface area (Å²) in [5, 5.41) is 8.79. The van der Waals surface area contributed by atoms with E-state index in [4.69, 9.17) is 0 Å². The Hall–Kier alpha value is -3.10. The van der Waals surface area contributed by atoms with E-state index in [-0.39, 0.29) is 0 Å². The zero-order chi connectivity index (χ0) is 20.8. The second kappa shape index (κ2) is 7.06. The van der Waals surface area contributed by atoms with Gasteiger partial charge in [0.2, 0.25) is 0 Å². The molecular formula is C20H21F3N6. The van der Waals surface area contributed by atoms with Crippen LogP contribution in [0.2, 0.25) is 0 Å². The number of aromatic nitrogens is 5. The number of aryl methyl sites for hydroxylation is 1. The van der Waals surface area contributed by atoms with E-state index >= 15 is 0 Å². The third kappa shape index (κ3) is 3.76. The lowest BCUT2D eigenvalue weighted by Gasteiger charge is -2.08. The van der Waals surface area contributed by atoms with Crippen LogP contribution in [0.4, 0.5) is 19.0 Å². The van der Waals surface area contributed by atoms with Gasteiger partial charge < -0.3 is 9.88 Å². The van der Waals surface area contributed by atoms with Crippen LogP contribution in [0.3, 0.4) is 0 Å². The van der Waals surface area contributed by atoms with Crippen LogP contribution in [0.25, 0.3) is 21.9 Å². The number of anilines is 1. The Kier molecular flexibility index (Phi) is 4.68. The number of hydrogen-bond acceptors (Lipinski definition) is 4. The third-order valence-corrected chi connectivity index (χ3v) is 4.76. The molecule has 0 amide bonds. The molecule has 0 radical (unpaired) electrons. The van der Waals surface area contributed by atoms with Crippen LogP contribution >= 0.6 is 0 Å². The van der Waals surface area contributed by atoms with Crippen molar-refractivity contribution in [3.8, 4) is 0 Å². The molecule has 0 atom stereocenters. The molecule has 3 aromatic heterocycles. The van der Waals surface area contributed by atoms with Gasteiger partial charge in [-0.25, -0.2) is 9.97 Å². The number of alkyl halides is 3. The highest BCUT2D eigenvalue weighted by molar-refractivity contribution is 5.88. The summed E-state index contributed by atoms with van der Waals surface area (Å²) in [7, 11) is 1.79. The maximum Gasteiger partial charge on any atom is 0.416 e. The fraction of sp³-hybridized carbons (Fsp3) is 0.350. The summed E-state index contributed by atoms with van der Waals surface area (Å²) in [6, 6.07) is 5.44. The Balaban J connectivity index is 1.67. The van der Waals surface area contributed by atoms with Crippen molar-refractivity contribution >= 4 is 27.8 Å². The molecule has 3 heterocycles. The highest BCUT2D eigenvalue weighted by Gasteiger charge is 2.31. The van der Waals surface area contributed by atoms with Crippen molar-refractivity contribution in [3.05, 3.63) is 48.0 Å². The lowest BCUT2D eigenvalue weighted by molar-refractivity contribution is -0.137. The first-order chi connectivity index (χ1) is 13.7. The number of fused-ring (bicyclic) bond motifs is 2. The van der Waals surface area contributed by atoms with Gasteiger partial charge in [0.25, 0.3) is 0 Å². The molecular weight excluding hydrogens is 381 g/mol. The summed E-state index contributed by atoms with van der Waals surface area (Å²) in [6.45, 7) is 5.37. The van der Waals surface area contributed by atoms with Gasteiger partial charge in [0.05, 0.1) is 34.0 Å². The first-order valence-electron chi connectivity index (χ1n) is 9.31. The first-order valence-corrected chi connectivity index (χ1v) is 9.31. The fourth-order valence-electron chi connectivity index (χ4n) is 3.23. The lowest BCUT2D eigenvalue weighted by atomic mass is 10.2. The molecule has 9 heteroatoms. The van der Waals surface area contributed by atoms with Crippen molar-refractivity contribution in [2.75, 3.05) is 11.9 Å². The molecule has 1 N–H and O–H groups in total. The first kappa shape index (κ1) is 19.2. The number of halogens is 3.